The molecule has 0 spiro atoms. The van der Waals surface area contributed by atoms with Crippen LogP contribution in [0.1, 0.15) is 40.5 Å². The van der Waals surface area contributed by atoms with Crippen molar-refractivity contribution in [2.45, 2.75) is 40.2 Å². The average molecular weight is 461 g/mol. The molecule has 172 valence electrons. The van der Waals surface area contributed by atoms with Crippen LogP contribution in [-0.4, -0.2) is 62.2 Å². The van der Waals surface area contributed by atoms with Crippen LogP contribution in [-0.2, 0) is 10.0 Å². The predicted molar refractivity (Wildman–Crippen MR) is 123 cm³/mol. The molecule has 3 heterocycles. The summed E-state index contributed by atoms with van der Waals surface area (Å²) in [6, 6.07) is 5.97. The lowest BCUT2D eigenvalue weighted by atomic mass is 10.1. The van der Waals surface area contributed by atoms with Gasteiger partial charge in [-0.1, -0.05) is 6.07 Å². The van der Waals surface area contributed by atoms with Crippen molar-refractivity contribution in [3.05, 3.63) is 52.5 Å². The second-order valence-electron chi connectivity index (χ2n) is 8.72. The van der Waals surface area contributed by atoms with Crippen LogP contribution in [0.3, 0.4) is 0 Å². The molecule has 1 aromatic heterocycles. The molecule has 2 saturated heterocycles. The summed E-state index contributed by atoms with van der Waals surface area (Å²) in [5, 5.41) is 0. The minimum Gasteiger partial charge on any atom is -0.353 e. The Bertz CT molecular complexity index is 1160. The Kier molecular flexibility index (Phi) is 5.87. The smallest absolute Gasteiger partial charge is 0.256 e. The van der Waals surface area contributed by atoms with Gasteiger partial charge in [-0.3, -0.25) is 9.10 Å². The van der Waals surface area contributed by atoms with Crippen molar-refractivity contribution in [3.63, 3.8) is 0 Å². The van der Waals surface area contributed by atoms with Crippen LogP contribution < -0.4 is 9.21 Å². The van der Waals surface area contributed by atoms with Gasteiger partial charge in [0.25, 0.3) is 5.91 Å². The molecule has 0 radical (unpaired) electrons. The van der Waals surface area contributed by atoms with E-state index >= 15 is 0 Å². The fourth-order valence-electron chi connectivity index (χ4n) is 4.48. The van der Waals surface area contributed by atoms with Gasteiger partial charge in [0.05, 0.1) is 17.0 Å². The second-order valence-corrected chi connectivity index (χ2v) is 10.7. The van der Waals surface area contributed by atoms with Gasteiger partial charge in [0.2, 0.25) is 10.0 Å². The van der Waals surface area contributed by atoms with Crippen LogP contribution in [0.2, 0.25) is 0 Å². The van der Waals surface area contributed by atoms with Crippen LogP contribution in [0, 0.1) is 26.6 Å². The summed E-state index contributed by atoms with van der Waals surface area (Å²) in [6.07, 6.45) is 0.504. The van der Waals surface area contributed by atoms with Gasteiger partial charge < -0.3 is 9.80 Å². The number of carbonyl (C=O) groups excluding carboxylic acids is 1. The Morgan fingerprint density at radius 1 is 1.06 bits per heavy atom. The molecule has 1 aromatic carbocycles. The fourth-order valence-corrected chi connectivity index (χ4v) is 6.40. The largest absolute Gasteiger partial charge is 0.353 e. The molecule has 2 aromatic rings. The average Bonchev–Trinajstić information content (AvgIpc) is 3.02. The molecule has 2 aliphatic heterocycles. The van der Waals surface area contributed by atoms with Crippen LogP contribution in [0.15, 0.2) is 24.3 Å². The molecular formula is C23H29FN4O3S. The third-order valence-electron chi connectivity index (χ3n) is 6.43. The molecule has 7 nitrogen and oxygen atoms in total. The van der Waals surface area contributed by atoms with Crippen LogP contribution in [0.5, 0.6) is 0 Å². The molecule has 0 saturated carbocycles. The molecule has 2 aliphatic rings. The van der Waals surface area contributed by atoms with Gasteiger partial charge in [-0.2, -0.15) is 0 Å². The molecule has 1 atom stereocenters. The zero-order valence-electron chi connectivity index (χ0n) is 18.9. The Morgan fingerprint density at radius 2 is 1.75 bits per heavy atom. The molecule has 2 fully saturated rings. The van der Waals surface area contributed by atoms with E-state index in [2.05, 4.69) is 11.0 Å². The number of pyridine rings is 1. The number of amides is 1. The van der Waals surface area contributed by atoms with Crippen molar-refractivity contribution >= 4 is 27.4 Å². The van der Waals surface area contributed by atoms with E-state index in [1.807, 2.05) is 20.8 Å². The zero-order valence-corrected chi connectivity index (χ0v) is 19.7. The number of aryl methyl sites for hydroxylation is 3. The molecule has 0 aliphatic carbocycles. The zero-order chi connectivity index (χ0) is 23.2. The van der Waals surface area contributed by atoms with E-state index in [0.29, 0.717) is 32.6 Å². The summed E-state index contributed by atoms with van der Waals surface area (Å²) >= 11 is 0. The Labute approximate surface area is 188 Å². The Morgan fingerprint density at radius 3 is 2.34 bits per heavy atom. The number of hydrogen-bond donors (Lipinski definition) is 0. The summed E-state index contributed by atoms with van der Waals surface area (Å²) in [5.74, 6) is -0.0985. The normalized spacial score (nSPS) is 20.7. The highest BCUT2D eigenvalue weighted by atomic mass is 32.2. The summed E-state index contributed by atoms with van der Waals surface area (Å²) < 4.78 is 40.7. The number of piperazine rings is 1. The molecule has 0 N–H and O–H groups in total. The van der Waals surface area contributed by atoms with Crippen molar-refractivity contribution in [1.29, 1.82) is 0 Å². The quantitative estimate of drug-likeness (QED) is 0.704. The summed E-state index contributed by atoms with van der Waals surface area (Å²) in [7, 11) is -3.44. The first-order valence-electron chi connectivity index (χ1n) is 10.9. The van der Waals surface area contributed by atoms with Gasteiger partial charge in [-0.25, -0.2) is 17.8 Å². The van der Waals surface area contributed by atoms with Crippen LogP contribution in [0.4, 0.5) is 15.9 Å². The first-order chi connectivity index (χ1) is 15.1. The maximum Gasteiger partial charge on any atom is 0.256 e. The van der Waals surface area contributed by atoms with Gasteiger partial charge in [0.1, 0.15) is 11.6 Å². The highest BCUT2D eigenvalue weighted by Gasteiger charge is 2.35. The number of sulfonamides is 1. The maximum atomic E-state index is 14.9. The van der Waals surface area contributed by atoms with E-state index in [4.69, 9.17) is 4.98 Å². The highest BCUT2D eigenvalue weighted by molar-refractivity contribution is 7.93. The molecule has 0 unspecified atom stereocenters. The number of halogens is 1. The van der Waals surface area contributed by atoms with Crippen LogP contribution in [0.25, 0.3) is 0 Å². The van der Waals surface area contributed by atoms with Crippen molar-refractivity contribution in [1.82, 2.24) is 9.88 Å². The number of rotatable bonds is 3. The predicted octanol–water partition coefficient (Wildman–Crippen LogP) is 3.04. The van der Waals surface area contributed by atoms with E-state index in [-0.39, 0.29) is 29.0 Å². The standard InChI is InChI=1S/C23H29FN4O3S/c1-15-13-16(2)22(25-18(15)4)26-8-10-27(11-9-26)23(29)20-6-5-19(14-21(20)24)28-17(3)7-12-32(28,30)31/h5-6,13-14,17H,7-12H2,1-4H3/t17-/m1/s1. The number of aromatic nitrogens is 1. The monoisotopic (exact) mass is 460 g/mol. The third kappa shape index (κ3) is 4.05. The number of hydrogen-bond acceptors (Lipinski definition) is 5. The second kappa shape index (κ2) is 8.35. The van der Waals surface area contributed by atoms with E-state index in [1.165, 1.54) is 16.4 Å². The van der Waals surface area contributed by atoms with E-state index in [0.717, 1.165) is 28.7 Å². The number of benzene rings is 1. The third-order valence-corrected chi connectivity index (χ3v) is 8.35. The Hall–Kier alpha value is -2.68. The molecular weight excluding hydrogens is 431 g/mol. The summed E-state index contributed by atoms with van der Waals surface area (Å²) in [5.41, 5.74) is 3.47. The minimum absolute atomic E-state index is 0.0352. The fraction of sp³-hybridized carbons (Fsp3) is 0.478. The van der Waals surface area contributed by atoms with Crippen molar-refractivity contribution in [3.8, 4) is 0 Å². The van der Waals surface area contributed by atoms with E-state index < -0.39 is 15.8 Å². The lowest BCUT2D eigenvalue weighted by Gasteiger charge is -2.36. The maximum absolute atomic E-state index is 14.9. The molecule has 9 heteroatoms. The van der Waals surface area contributed by atoms with E-state index in [1.54, 1.807) is 11.8 Å². The summed E-state index contributed by atoms with van der Waals surface area (Å²) in [4.78, 5) is 21.5. The molecule has 1 amide bonds. The lowest BCUT2D eigenvalue weighted by molar-refractivity contribution is 0.0742. The van der Waals surface area contributed by atoms with Gasteiger partial charge in [-0.05, 0) is 63.4 Å². The molecule has 32 heavy (non-hydrogen) atoms. The summed E-state index contributed by atoms with van der Waals surface area (Å²) in [6.45, 7) is 10.0. The van der Waals surface area contributed by atoms with Gasteiger partial charge in [-0.15, -0.1) is 0 Å². The molecule has 0 bridgehead atoms. The number of carbonyl (C=O) groups is 1. The van der Waals surface area contributed by atoms with Gasteiger partial charge in [0.15, 0.2) is 0 Å². The van der Waals surface area contributed by atoms with Gasteiger partial charge >= 0.3 is 0 Å². The van der Waals surface area contributed by atoms with Crippen molar-refractivity contribution in [2.24, 2.45) is 0 Å². The number of anilines is 2. The van der Waals surface area contributed by atoms with E-state index in [9.17, 15) is 17.6 Å². The SMILES string of the molecule is Cc1cc(C)c(N2CCN(C(=O)c3ccc(N4[C@H](C)CCS4(=O)=O)cc3F)CC2)nc1C. The van der Waals surface area contributed by atoms with Crippen molar-refractivity contribution < 1.29 is 17.6 Å². The lowest BCUT2D eigenvalue weighted by Crippen LogP contribution is -2.49. The highest BCUT2D eigenvalue weighted by Crippen LogP contribution is 2.30. The number of nitrogens with zero attached hydrogens (tertiary/aromatic N) is 4. The molecule has 4 rings (SSSR count). The minimum atomic E-state index is -3.44. The topological polar surface area (TPSA) is 73.8 Å². The van der Waals surface area contributed by atoms with Gasteiger partial charge in [0, 0.05) is 37.9 Å². The first kappa shape index (κ1) is 22.5. The van der Waals surface area contributed by atoms with Crippen LogP contribution >= 0.6 is 0 Å². The first-order valence-corrected chi connectivity index (χ1v) is 12.5. The Balaban J connectivity index is 1.47. The van der Waals surface area contributed by atoms with Crippen molar-refractivity contribution in [2.75, 3.05) is 41.1 Å².